The molecule has 1 heterocycles. The number of hydrogen-bond donors (Lipinski definition) is 2. The summed E-state index contributed by atoms with van der Waals surface area (Å²) in [5.41, 5.74) is 9.81. The van der Waals surface area contributed by atoms with E-state index in [1.807, 2.05) is 0 Å². The van der Waals surface area contributed by atoms with Crippen LogP contribution in [0.1, 0.15) is 91.4 Å². The van der Waals surface area contributed by atoms with Gasteiger partial charge in [0.2, 0.25) is 0 Å². The predicted octanol–water partition coefficient (Wildman–Crippen LogP) is 4.18. The molecule has 1 fully saturated rings. The molecule has 0 aromatic heterocycles. The Balaban J connectivity index is 2.43. The molecule has 0 aromatic carbocycles. The molecule has 0 aromatic rings. The molecule has 20 heavy (non-hydrogen) atoms. The van der Waals surface area contributed by atoms with Crippen LogP contribution in [0.15, 0.2) is 0 Å². The van der Waals surface area contributed by atoms with Crippen molar-refractivity contribution in [3.8, 4) is 0 Å². The summed E-state index contributed by atoms with van der Waals surface area (Å²) in [5.74, 6) is 0. The van der Waals surface area contributed by atoms with Gasteiger partial charge in [-0.15, -0.1) is 0 Å². The largest absolute Gasteiger partial charge is 0.315 e. The Morgan fingerprint density at radius 1 is 1.00 bits per heavy atom. The minimum absolute atomic E-state index is 0.167. The zero-order chi connectivity index (χ0) is 14.8. The van der Waals surface area contributed by atoms with Crippen LogP contribution in [0, 0.1) is 0 Å². The Bertz CT molecular complexity index is 230. The van der Waals surface area contributed by atoms with Crippen LogP contribution in [-0.2, 0) is 0 Å². The number of unbranched alkanes of at least 4 members (excludes halogenated alkanes) is 6. The lowest BCUT2D eigenvalue weighted by molar-refractivity contribution is 0.0545. The Hall–Kier alpha value is -0.120. The first kappa shape index (κ1) is 17.9. The van der Waals surface area contributed by atoms with Crippen molar-refractivity contribution in [2.24, 2.45) is 5.73 Å². The molecule has 1 saturated heterocycles. The van der Waals surface area contributed by atoms with Crippen molar-refractivity contribution < 1.29 is 0 Å². The normalized spacial score (nSPS) is 20.7. The number of nitrogens with zero attached hydrogens (tertiary/aromatic N) is 1. The van der Waals surface area contributed by atoms with E-state index in [-0.39, 0.29) is 6.17 Å². The molecule has 120 valence electrons. The number of rotatable bonds is 11. The number of nitrogens with one attached hydrogen (secondary N) is 1. The quantitative estimate of drug-likeness (QED) is 0.559. The maximum Gasteiger partial charge on any atom is 0.0694 e. The molecule has 0 aliphatic carbocycles. The Kier molecular flexibility index (Phi) is 8.74. The fraction of sp³-hybridized carbons (Fsp3) is 1.00. The lowest BCUT2D eigenvalue weighted by Gasteiger charge is -2.39. The Morgan fingerprint density at radius 3 is 1.95 bits per heavy atom. The van der Waals surface area contributed by atoms with Gasteiger partial charge in [0.05, 0.1) is 6.17 Å². The van der Waals surface area contributed by atoms with Crippen molar-refractivity contribution in [3.63, 3.8) is 0 Å². The summed E-state index contributed by atoms with van der Waals surface area (Å²) in [5, 5.41) is 2.45. The van der Waals surface area contributed by atoms with Crippen LogP contribution < -0.4 is 11.2 Å². The number of hydrazine groups is 1. The predicted molar refractivity (Wildman–Crippen MR) is 88.4 cm³/mol. The van der Waals surface area contributed by atoms with Gasteiger partial charge in [0, 0.05) is 12.1 Å². The van der Waals surface area contributed by atoms with Crippen molar-refractivity contribution in [2.45, 2.75) is 103 Å². The summed E-state index contributed by atoms with van der Waals surface area (Å²) in [6.07, 6.45) is 14.7. The van der Waals surface area contributed by atoms with E-state index in [0.717, 1.165) is 13.0 Å². The van der Waals surface area contributed by atoms with Gasteiger partial charge in [0.1, 0.15) is 0 Å². The van der Waals surface area contributed by atoms with Crippen molar-refractivity contribution in [2.75, 3.05) is 6.54 Å². The first-order valence-electron chi connectivity index (χ1n) is 8.92. The molecule has 1 rings (SSSR count). The summed E-state index contributed by atoms with van der Waals surface area (Å²) < 4.78 is 0. The van der Waals surface area contributed by atoms with Crippen LogP contribution in [0.3, 0.4) is 0 Å². The summed E-state index contributed by atoms with van der Waals surface area (Å²) in [6, 6.07) is 0. The second-order valence-electron chi connectivity index (χ2n) is 6.79. The van der Waals surface area contributed by atoms with Gasteiger partial charge in [0.15, 0.2) is 0 Å². The highest BCUT2D eigenvalue weighted by molar-refractivity contribution is 4.88. The fourth-order valence-electron chi connectivity index (χ4n) is 3.28. The first-order valence-corrected chi connectivity index (χ1v) is 8.92. The number of nitrogens with two attached hydrogens (primary N) is 1. The Morgan fingerprint density at radius 2 is 1.55 bits per heavy atom. The molecule has 1 aliphatic rings. The molecule has 0 saturated carbocycles. The second-order valence-corrected chi connectivity index (χ2v) is 6.79. The van der Waals surface area contributed by atoms with E-state index in [2.05, 4.69) is 31.2 Å². The molecular formula is C17H37N3. The van der Waals surface area contributed by atoms with Gasteiger partial charge in [0.25, 0.3) is 0 Å². The molecule has 1 unspecified atom stereocenters. The second kappa shape index (κ2) is 9.75. The van der Waals surface area contributed by atoms with Gasteiger partial charge in [-0.3, -0.25) is 0 Å². The van der Waals surface area contributed by atoms with Gasteiger partial charge >= 0.3 is 0 Å². The molecule has 0 amide bonds. The molecule has 0 bridgehead atoms. The van der Waals surface area contributed by atoms with Crippen LogP contribution in [0.4, 0.5) is 0 Å². The lowest BCUT2D eigenvalue weighted by Crippen LogP contribution is -2.53. The van der Waals surface area contributed by atoms with Crippen molar-refractivity contribution in [3.05, 3.63) is 0 Å². The monoisotopic (exact) mass is 283 g/mol. The third kappa shape index (κ3) is 6.11. The molecule has 3 nitrogen and oxygen atoms in total. The Labute approximate surface area is 126 Å². The maximum absolute atomic E-state index is 6.02. The third-order valence-corrected chi connectivity index (χ3v) is 4.77. The van der Waals surface area contributed by atoms with E-state index in [1.165, 1.54) is 64.2 Å². The van der Waals surface area contributed by atoms with Crippen LogP contribution >= 0.6 is 0 Å². The highest BCUT2D eigenvalue weighted by Crippen LogP contribution is 2.30. The van der Waals surface area contributed by atoms with Gasteiger partial charge in [-0.1, -0.05) is 65.2 Å². The topological polar surface area (TPSA) is 41.3 Å². The molecule has 3 heteroatoms. The molecule has 0 radical (unpaired) electrons. The highest BCUT2D eigenvalue weighted by atomic mass is 15.6. The average molecular weight is 284 g/mol. The van der Waals surface area contributed by atoms with Gasteiger partial charge < -0.3 is 5.73 Å². The molecule has 1 aliphatic heterocycles. The first-order chi connectivity index (χ1) is 9.62. The zero-order valence-corrected chi connectivity index (χ0v) is 14.1. The van der Waals surface area contributed by atoms with Crippen LogP contribution in [-0.4, -0.2) is 23.3 Å². The van der Waals surface area contributed by atoms with Gasteiger partial charge in [-0.05, 0) is 26.2 Å². The standard InChI is InChI=1S/C17H37N3/c1-4-6-8-10-13-17(3,14-11-9-7-5-2)20-15-12-16(18)19-20/h16,19H,4-15,18H2,1-3H3. The lowest BCUT2D eigenvalue weighted by atomic mass is 9.87. The summed E-state index contributed by atoms with van der Waals surface area (Å²) in [6.45, 7) is 8.12. The van der Waals surface area contributed by atoms with Gasteiger partial charge in [-0.2, -0.15) is 0 Å². The van der Waals surface area contributed by atoms with Crippen LogP contribution in [0.25, 0.3) is 0 Å². The molecule has 1 atom stereocenters. The fourth-order valence-corrected chi connectivity index (χ4v) is 3.28. The molecule has 0 spiro atoms. The SMILES string of the molecule is CCCCCCC(C)(CCCCCC)N1CCC(N)N1. The highest BCUT2D eigenvalue weighted by Gasteiger charge is 2.34. The van der Waals surface area contributed by atoms with Crippen LogP contribution in [0.2, 0.25) is 0 Å². The average Bonchev–Trinajstić information content (AvgIpc) is 2.87. The van der Waals surface area contributed by atoms with Crippen molar-refractivity contribution in [1.29, 1.82) is 0 Å². The molecular weight excluding hydrogens is 246 g/mol. The summed E-state index contributed by atoms with van der Waals surface area (Å²) in [4.78, 5) is 0. The summed E-state index contributed by atoms with van der Waals surface area (Å²) in [7, 11) is 0. The number of hydrogen-bond acceptors (Lipinski definition) is 3. The minimum Gasteiger partial charge on any atom is -0.315 e. The van der Waals surface area contributed by atoms with E-state index in [4.69, 9.17) is 5.73 Å². The smallest absolute Gasteiger partial charge is 0.0694 e. The van der Waals surface area contributed by atoms with Crippen LogP contribution in [0.5, 0.6) is 0 Å². The van der Waals surface area contributed by atoms with E-state index in [0.29, 0.717) is 5.54 Å². The molecule has 3 N–H and O–H groups in total. The zero-order valence-electron chi connectivity index (χ0n) is 14.1. The third-order valence-electron chi connectivity index (χ3n) is 4.77. The minimum atomic E-state index is 0.167. The van der Waals surface area contributed by atoms with E-state index in [1.54, 1.807) is 0 Å². The van der Waals surface area contributed by atoms with E-state index in [9.17, 15) is 0 Å². The van der Waals surface area contributed by atoms with E-state index < -0.39 is 0 Å². The summed E-state index contributed by atoms with van der Waals surface area (Å²) >= 11 is 0. The van der Waals surface area contributed by atoms with E-state index >= 15 is 0 Å². The van der Waals surface area contributed by atoms with Crippen molar-refractivity contribution >= 4 is 0 Å². The van der Waals surface area contributed by atoms with Gasteiger partial charge in [-0.25, -0.2) is 10.4 Å². The maximum atomic E-state index is 6.02. The van der Waals surface area contributed by atoms with Crippen molar-refractivity contribution in [1.82, 2.24) is 10.4 Å².